The number of hydrogen-bond acceptors (Lipinski definition) is 1. The highest BCUT2D eigenvalue weighted by molar-refractivity contribution is 6.11. The number of aromatic nitrogens is 1. The Hall–Kier alpha value is -1.57. The van der Waals surface area contributed by atoms with Crippen LogP contribution in [-0.4, -0.2) is 10.7 Å². The van der Waals surface area contributed by atoms with Gasteiger partial charge in [0.05, 0.1) is 6.54 Å². The Morgan fingerprint density at radius 1 is 1.38 bits per heavy atom. The third kappa shape index (κ3) is 0.800. The molecule has 1 aromatic heterocycles. The monoisotopic (exact) mass is 170 g/mol. The molecule has 1 aromatic carbocycles. The molecule has 0 aliphatic carbocycles. The Kier molecular flexibility index (Phi) is 1.18. The van der Waals surface area contributed by atoms with Crippen molar-refractivity contribution in [3.63, 3.8) is 0 Å². The molecule has 13 heavy (non-hydrogen) atoms. The Morgan fingerprint density at radius 2 is 2.31 bits per heavy atom. The molecule has 2 heterocycles. The van der Waals surface area contributed by atoms with E-state index in [2.05, 4.69) is 41.3 Å². The fraction of sp³-hybridized carbons (Fsp3) is 0.182. The van der Waals surface area contributed by atoms with E-state index in [1.807, 2.05) is 0 Å². The number of aliphatic imine (C=N–C) groups is 1. The lowest BCUT2D eigenvalue weighted by Crippen LogP contribution is -2.02. The van der Waals surface area contributed by atoms with Crippen molar-refractivity contribution in [2.45, 2.75) is 13.5 Å². The van der Waals surface area contributed by atoms with Crippen molar-refractivity contribution in [2.75, 3.05) is 0 Å². The third-order valence-corrected chi connectivity index (χ3v) is 2.66. The molecule has 0 spiro atoms. The molecule has 0 saturated heterocycles. The highest BCUT2D eigenvalue weighted by atomic mass is 14.8. The molecular formula is C11H10N2. The lowest BCUT2D eigenvalue weighted by atomic mass is 10.0. The smallest absolute Gasteiger partial charge is 0.0664 e. The van der Waals surface area contributed by atoms with Gasteiger partial charge in [0.1, 0.15) is 0 Å². The first-order chi connectivity index (χ1) is 6.36. The zero-order valence-electron chi connectivity index (χ0n) is 7.46. The average Bonchev–Trinajstić information content (AvgIpc) is 2.57. The lowest BCUT2D eigenvalue weighted by Gasteiger charge is -2.09. The predicted molar refractivity (Wildman–Crippen MR) is 54.2 cm³/mol. The van der Waals surface area contributed by atoms with Crippen molar-refractivity contribution in [1.29, 1.82) is 0 Å². The zero-order chi connectivity index (χ0) is 8.84. The van der Waals surface area contributed by atoms with Gasteiger partial charge in [0, 0.05) is 28.4 Å². The second-order valence-corrected chi connectivity index (χ2v) is 3.44. The first-order valence-corrected chi connectivity index (χ1v) is 4.46. The van der Waals surface area contributed by atoms with Gasteiger partial charge in [0.15, 0.2) is 0 Å². The molecule has 64 valence electrons. The summed E-state index contributed by atoms with van der Waals surface area (Å²) in [5.74, 6) is 0. The summed E-state index contributed by atoms with van der Waals surface area (Å²) in [5.41, 5.74) is 4.97. The van der Waals surface area contributed by atoms with Gasteiger partial charge in [0.2, 0.25) is 0 Å². The predicted octanol–water partition coefficient (Wildman–Crippen LogP) is 2.49. The number of nitrogens with one attached hydrogen (secondary N) is 1. The van der Waals surface area contributed by atoms with E-state index < -0.39 is 0 Å². The third-order valence-electron chi connectivity index (χ3n) is 2.66. The normalized spacial score (nSPS) is 14.7. The maximum atomic E-state index is 4.47. The number of nitrogens with zero attached hydrogens (tertiary/aromatic N) is 1. The van der Waals surface area contributed by atoms with Crippen molar-refractivity contribution >= 4 is 16.6 Å². The van der Waals surface area contributed by atoms with E-state index in [4.69, 9.17) is 0 Å². The summed E-state index contributed by atoms with van der Waals surface area (Å²) in [4.78, 5) is 7.73. The van der Waals surface area contributed by atoms with E-state index in [0.717, 1.165) is 12.3 Å². The lowest BCUT2D eigenvalue weighted by molar-refractivity contribution is 1.07. The summed E-state index contributed by atoms with van der Waals surface area (Å²) in [6, 6.07) is 6.32. The van der Waals surface area contributed by atoms with Gasteiger partial charge in [-0.1, -0.05) is 12.1 Å². The molecule has 0 fully saturated rings. The van der Waals surface area contributed by atoms with Gasteiger partial charge in [-0.3, -0.25) is 4.99 Å². The molecule has 3 rings (SSSR count). The van der Waals surface area contributed by atoms with E-state index in [9.17, 15) is 0 Å². The molecule has 0 atom stereocenters. The molecule has 0 bridgehead atoms. The van der Waals surface area contributed by atoms with E-state index in [0.29, 0.717) is 0 Å². The SMILES string of the molecule is CC1=NCc2c[nH]c3cccc1c23. The van der Waals surface area contributed by atoms with Gasteiger partial charge in [-0.25, -0.2) is 0 Å². The fourth-order valence-electron chi connectivity index (χ4n) is 1.97. The molecule has 0 unspecified atom stereocenters. The van der Waals surface area contributed by atoms with Crippen LogP contribution in [0.15, 0.2) is 29.4 Å². The van der Waals surface area contributed by atoms with Gasteiger partial charge >= 0.3 is 0 Å². The summed E-state index contributed by atoms with van der Waals surface area (Å²) in [7, 11) is 0. The Bertz CT molecular complexity index is 506. The van der Waals surface area contributed by atoms with Gasteiger partial charge in [-0.2, -0.15) is 0 Å². The second kappa shape index (κ2) is 2.22. The molecule has 1 N–H and O–H groups in total. The molecule has 1 aliphatic heterocycles. The van der Waals surface area contributed by atoms with Gasteiger partial charge < -0.3 is 4.98 Å². The van der Waals surface area contributed by atoms with Crippen LogP contribution >= 0.6 is 0 Å². The molecule has 1 aliphatic rings. The van der Waals surface area contributed by atoms with E-state index in [-0.39, 0.29) is 0 Å². The minimum absolute atomic E-state index is 0.822. The summed E-state index contributed by atoms with van der Waals surface area (Å²) >= 11 is 0. The van der Waals surface area contributed by atoms with Gasteiger partial charge in [-0.15, -0.1) is 0 Å². The van der Waals surface area contributed by atoms with Gasteiger partial charge in [-0.05, 0) is 18.6 Å². The maximum Gasteiger partial charge on any atom is 0.0664 e. The van der Waals surface area contributed by atoms with Crippen LogP contribution in [0.1, 0.15) is 18.1 Å². The van der Waals surface area contributed by atoms with Crippen LogP contribution < -0.4 is 0 Å². The van der Waals surface area contributed by atoms with Gasteiger partial charge in [0.25, 0.3) is 0 Å². The standard InChI is InChI=1S/C11H10N2/c1-7-9-3-2-4-10-11(9)8(5-12-7)6-13-10/h2-4,6,13H,5H2,1H3. The quantitative estimate of drug-likeness (QED) is 0.629. The summed E-state index contributed by atoms with van der Waals surface area (Å²) in [6.07, 6.45) is 2.06. The van der Waals surface area contributed by atoms with E-state index in [1.165, 1.54) is 22.0 Å². The largest absolute Gasteiger partial charge is 0.361 e. The molecule has 2 aromatic rings. The number of aromatic amines is 1. The average molecular weight is 170 g/mol. The topological polar surface area (TPSA) is 28.1 Å². The fourth-order valence-corrected chi connectivity index (χ4v) is 1.97. The van der Waals surface area contributed by atoms with Crippen LogP contribution in [0, 0.1) is 0 Å². The maximum absolute atomic E-state index is 4.47. The molecular weight excluding hydrogens is 160 g/mol. The molecule has 0 radical (unpaired) electrons. The summed E-state index contributed by atoms with van der Waals surface area (Å²) in [5, 5.41) is 1.36. The van der Waals surface area contributed by atoms with Crippen LogP contribution in [0.4, 0.5) is 0 Å². The van der Waals surface area contributed by atoms with E-state index >= 15 is 0 Å². The minimum Gasteiger partial charge on any atom is -0.361 e. The highest BCUT2D eigenvalue weighted by Crippen LogP contribution is 2.27. The Balaban J connectivity index is 2.52. The van der Waals surface area contributed by atoms with E-state index in [1.54, 1.807) is 0 Å². The zero-order valence-corrected chi connectivity index (χ0v) is 7.46. The van der Waals surface area contributed by atoms with Crippen LogP contribution in [0.25, 0.3) is 10.9 Å². The van der Waals surface area contributed by atoms with Crippen LogP contribution in [0.3, 0.4) is 0 Å². The molecule has 0 saturated carbocycles. The number of hydrogen-bond donors (Lipinski definition) is 1. The molecule has 0 amide bonds. The first-order valence-electron chi connectivity index (χ1n) is 4.46. The summed E-state index contributed by atoms with van der Waals surface area (Å²) in [6.45, 7) is 2.90. The first kappa shape index (κ1) is 6.89. The second-order valence-electron chi connectivity index (χ2n) is 3.44. The van der Waals surface area contributed by atoms with Crippen molar-refractivity contribution in [3.8, 4) is 0 Å². The Morgan fingerprint density at radius 3 is 3.23 bits per heavy atom. The van der Waals surface area contributed by atoms with Crippen LogP contribution in [0.2, 0.25) is 0 Å². The van der Waals surface area contributed by atoms with Crippen LogP contribution in [-0.2, 0) is 6.54 Å². The highest BCUT2D eigenvalue weighted by Gasteiger charge is 2.13. The minimum atomic E-state index is 0.822. The van der Waals surface area contributed by atoms with Crippen molar-refractivity contribution in [1.82, 2.24) is 4.98 Å². The Labute approximate surface area is 76.3 Å². The van der Waals surface area contributed by atoms with Crippen molar-refractivity contribution < 1.29 is 0 Å². The summed E-state index contributed by atoms with van der Waals surface area (Å²) < 4.78 is 0. The number of rotatable bonds is 0. The molecule has 2 heteroatoms. The number of benzene rings is 1. The number of H-pyrrole nitrogens is 1. The van der Waals surface area contributed by atoms with Crippen molar-refractivity contribution in [3.05, 3.63) is 35.5 Å². The molecule has 2 nitrogen and oxygen atoms in total. The van der Waals surface area contributed by atoms with Crippen LogP contribution in [0.5, 0.6) is 0 Å². The van der Waals surface area contributed by atoms with Crippen molar-refractivity contribution in [2.24, 2.45) is 4.99 Å².